The molecule has 6 nitrogen and oxygen atoms in total. The minimum atomic E-state index is -0.132. The number of nitrogens with zero attached hydrogens (tertiary/aromatic N) is 5. The summed E-state index contributed by atoms with van der Waals surface area (Å²) in [6, 6.07) is 47.0. The van der Waals surface area contributed by atoms with Gasteiger partial charge in [-0.05, 0) is 147 Å². The molecule has 0 aliphatic carbocycles. The summed E-state index contributed by atoms with van der Waals surface area (Å²) in [6.45, 7) is 38.8. The minimum Gasteiger partial charge on any atom is -0.509 e. The largest absolute Gasteiger partial charge is 0.509 e. The normalized spacial score (nSPS) is 13.2. The molecule has 0 spiro atoms. The Hall–Kier alpha value is -6.49. The van der Waals surface area contributed by atoms with Crippen LogP contribution in [0.3, 0.4) is 0 Å². The van der Waals surface area contributed by atoms with Gasteiger partial charge in [-0.2, -0.15) is 12.1 Å². The Morgan fingerprint density at radius 2 is 1.05 bits per heavy atom. The maximum atomic E-state index is 6.75. The maximum absolute atomic E-state index is 6.75. The van der Waals surface area contributed by atoms with Gasteiger partial charge < -0.3 is 19.1 Å². The van der Waals surface area contributed by atoms with E-state index in [1.807, 2.05) is 36.8 Å². The second-order valence-electron chi connectivity index (χ2n) is 24.5. The predicted octanol–water partition coefficient (Wildman–Crippen LogP) is 18.1. The Morgan fingerprint density at radius 3 is 1.64 bits per heavy atom. The molecule has 1 aliphatic rings. The Kier molecular flexibility index (Phi) is 13.5. The fourth-order valence-corrected chi connectivity index (χ4v) is 10.7. The maximum Gasteiger partial charge on any atom is 0.135 e. The molecular weight excluding hydrogens is 1090 g/mol. The van der Waals surface area contributed by atoms with E-state index in [4.69, 9.17) is 14.7 Å². The molecule has 0 unspecified atom stereocenters. The van der Waals surface area contributed by atoms with Crippen molar-refractivity contribution in [2.45, 2.75) is 132 Å². The van der Waals surface area contributed by atoms with Crippen molar-refractivity contribution in [2.24, 2.45) is 0 Å². The van der Waals surface area contributed by atoms with Crippen LogP contribution in [0.15, 0.2) is 128 Å². The van der Waals surface area contributed by atoms with Gasteiger partial charge in [0.25, 0.3) is 0 Å². The summed E-state index contributed by atoms with van der Waals surface area (Å²) in [5.41, 5.74) is 20.8. The summed E-state index contributed by atoms with van der Waals surface area (Å²) >= 11 is 0. The number of benzene rings is 6. The van der Waals surface area contributed by atoms with E-state index in [-0.39, 0.29) is 42.7 Å². The minimum absolute atomic E-state index is 0. The predicted molar refractivity (Wildman–Crippen MR) is 307 cm³/mol. The summed E-state index contributed by atoms with van der Waals surface area (Å²) in [7, 11) is 0. The number of fused-ring (bicyclic) bond motifs is 4. The summed E-state index contributed by atoms with van der Waals surface area (Å²) in [4.78, 5) is 14.2. The zero-order valence-electron chi connectivity index (χ0n) is 46.2. The number of anilines is 4. The fraction of sp³-hybridized carbons (Fsp3) is 0.299. The SMILES string of the molecule is Cc1cc(C(C)(C)C)cc(C)c1-c1cc(C(C)(C)C)cc(-c2c(C)cc(C(C)(C)C)cc2C)c1N1[CH-]N(c2[c-]c(Oc3[c-]c4c(cc3)c3ccccc3n4-c3cc(C(C)(C)C)ccn3)ccc2)c2cnccc21.[Pt]. The third-order valence-corrected chi connectivity index (χ3v) is 14.7. The molecule has 4 heterocycles. The van der Waals surface area contributed by atoms with Crippen LogP contribution in [-0.2, 0) is 42.7 Å². The molecule has 6 aromatic carbocycles. The van der Waals surface area contributed by atoms with Crippen molar-refractivity contribution in [3.05, 3.63) is 191 Å². The quantitative estimate of drug-likeness (QED) is 0.149. The van der Waals surface area contributed by atoms with Crippen molar-refractivity contribution < 1.29 is 25.8 Å². The van der Waals surface area contributed by atoms with Crippen LogP contribution in [0.25, 0.3) is 49.9 Å². The molecule has 10 rings (SSSR count). The van der Waals surface area contributed by atoms with E-state index in [9.17, 15) is 0 Å². The first-order valence-electron chi connectivity index (χ1n) is 25.8. The van der Waals surface area contributed by atoms with E-state index < -0.39 is 0 Å². The molecule has 3 aromatic heterocycles. The molecule has 7 heteroatoms. The third kappa shape index (κ3) is 9.60. The fourth-order valence-electron chi connectivity index (χ4n) is 10.7. The van der Waals surface area contributed by atoms with Gasteiger partial charge in [-0.1, -0.05) is 131 Å². The van der Waals surface area contributed by atoms with Crippen molar-refractivity contribution in [3.8, 4) is 39.6 Å². The van der Waals surface area contributed by atoms with Crippen LogP contribution in [0.5, 0.6) is 11.5 Å². The third-order valence-electron chi connectivity index (χ3n) is 14.7. The van der Waals surface area contributed by atoms with Crippen LogP contribution in [-0.4, -0.2) is 14.5 Å². The molecule has 0 N–H and O–H groups in total. The van der Waals surface area contributed by atoms with E-state index in [1.54, 1.807) is 0 Å². The number of aryl methyl sites for hydroxylation is 4. The summed E-state index contributed by atoms with van der Waals surface area (Å²) < 4.78 is 8.95. The average molecular weight is 1160 g/mol. The van der Waals surface area contributed by atoms with Crippen molar-refractivity contribution in [1.29, 1.82) is 0 Å². The Bertz CT molecular complexity index is 3490. The van der Waals surface area contributed by atoms with Crippen LogP contribution < -0.4 is 14.5 Å². The Morgan fingerprint density at radius 1 is 0.500 bits per heavy atom. The van der Waals surface area contributed by atoms with Gasteiger partial charge in [-0.3, -0.25) is 4.98 Å². The van der Waals surface area contributed by atoms with Gasteiger partial charge in [-0.25, -0.2) is 4.98 Å². The van der Waals surface area contributed by atoms with Gasteiger partial charge in [0.05, 0.1) is 5.69 Å². The van der Waals surface area contributed by atoms with Gasteiger partial charge in [0.2, 0.25) is 0 Å². The number of hydrogen-bond acceptors (Lipinski definition) is 5. The Labute approximate surface area is 455 Å². The summed E-state index contributed by atoms with van der Waals surface area (Å²) in [6.07, 6.45) is 5.77. The number of rotatable bonds is 7. The zero-order valence-corrected chi connectivity index (χ0v) is 48.4. The molecule has 74 heavy (non-hydrogen) atoms. The number of aromatic nitrogens is 3. The number of ether oxygens (including phenoxy) is 1. The standard InChI is InChI=1S/C67H70N5O.Pt/c1-41-30-46(65(8,9)10)31-42(2)61(41)54-34-48(67(14,15)16)35-55(62-43(3)32-47(33-44(62)4)66(11,12)13)63(54)71-40-70(59-39-68-28-27-57(59)71)49-20-19-21-50(37-49)73-51-24-25-53-52-22-17-18-23-56(52)72(58(53)38-51)60-36-45(26-29-69-60)64(5,6)7;/h17-36,39-40H,1-16H3;/q-3;. The first-order chi connectivity index (χ1) is 34.4. The van der Waals surface area contributed by atoms with Crippen LogP contribution in [0.4, 0.5) is 22.7 Å². The molecular formula is C67H70N5OPt-3. The molecule has 0 saturated carbocycles. The molecule has 0 bridgehead atoms. The van der Waals surface area contributed by atoms with Gasteiger partial charge in [0, 0.05) is 79.2 Å². The van der Waals surface area contributed by atoms with E-state index >= 15 is 0 Å². The second-order valence-corrected chi connectivity index (χ2v) is 24.5. The van der Waals surface area contributed by atoms with Crippen molar-refractivity contribution >= 4 is 44.6 Å². The number of hydrogen-bond donors (Lipinski definition) is 0. The van der Waals surface area contributed by atoms with Crippen LogP contribution in [0.1, 0.15) is 128 Å². The zero-order chi connectivity index (χ0) is 52.1. The Balaban J connectivity index is 0.00000672. The van der Waals surface area contributed by atoms with E-state index in [0.29, 0.717) is 11.5 Å². The number of para-hydroxylation sites is 1. The van der Waals surface area contributed by atoms with Crippen LogP contribution >= 0.6 is 0 Å². The molecule has 0 radical (unpaired) electrons. The van der Waals surface area contributed by atoms with Gasteiger partial charge in [0.1, 0.15) is 5.82 Å². The van der Waals surface area contributed by atoms with Crippen molar-refractivity contribution in [1.82, 2.24) is 14.5 Å². The van der Waals surface area contributed by atoms with Gasteiger partial charge >= 0.3 is 0 Å². The van der Waals surface area contributed by atoms with Crippen molar-refractivity contribution in [3.63, 3.8) is 0 Å². The van der Waals surface area contributed by atoms with Crippen LogP contribution in [0, 0.1) is 46.5 Å². The molecule has 0 amide bonds. The van der Waals surface area contributed by atoms with Gasteiger partial charge in [0.15, 0.2) is 0 Å². The molecule has 9 aromatic rings. The van der Waals surface area contributed by atoms with Crippen LogP contribution in [0.2, 0.25) is 0 Å². The molecule has 0 saturated heterocycles. The molecule has 1 aliphatic heterocycles. The first kappa shape index (κ1) is 52.4. The summed E-state index contributed by atoms with van der Waals surface area (Å²) in [5.74, 6) is 2.01. The smallest absolute Gasteiger partial charge is 0.135 e. The summed E-state index contributed by atoms with van der Waals surface area (Å²) in [5, 5.41) is 2.22. The van der Waals surface area contributed by atoms with Crippen molar-refractivity contribution in [2.75, 3.05) is 9.80 Å². The average Bonchev–Trinajstić information content (AvgIpc) is 3.86. The molecule has 0 atom stereocenters. The van der Waals surface area contributed by atoms with Gasteiger partial charge in [-0.15, -0.1) is 48.1 Å². The second kappa shape index (κ2) is 19.0. The van der Waals surface area contributed by atoms with E-state index in [1.165, 1.54) is 66.8 Å². The molecule has 0 fully saturated rings. The van der Waals surface area contributed by atoms with E-state index in [2.05, 4.69) is 235 Å². The number of pyridine rings is 2. The monoisotopic (exact) mass is 1160 g/mol. The van der Waals surface area contributed by atoms with E-state index in [0.717, 1.165) is 50.4 Å². The first-order valence-corrected chi connectivity index (χ1v) is 25.8. The molecule has 382 valence electrons. The topological polar surface area (TPSA) is 46.4 Å².